The maximum Gasteiger partial charge on any atom is 0.303 e. The number of hydrogen-bond donors (Lipinski definition) is 0. The van der Waals surface area contributed by atoms with Gasteiger partial charge in [0.15, 0.2) is 11.6 Å². The summed E-state index contributed by atoms with van der Waals surface area (Å²) >= 11 is 0. The normalized spacial score (nSPS) is 34.9. The summed E-state index contributed by atoms with van der Waals surface area (Å²) in [5.74, 6) is 0.681. The number of ketones is 2. The van der Waals surface area contributed by atoms with Crippen molar-refractivity contribution in [3.63, 3.8) is 0 Å². The first-order valence-electron chi connectivity index (χ1n) is 12.1. The number of ether oxygens (including phenoxy) is 1. The number of allylic oxidation sites excluding steroid dienone is 6. The zero-order valence-corrected chi connectivity index (χ0v) is 20.4. The summed E-state index contributed by atoms with van der Waals surface area (Å²) in [5.41, 5.74) is 2.48. The van der Waals surface area contributed by atoms with E-state index in [0.29, 0.717) is 11.8 Å². The van der Waals surface area contributed by atoms with E-state index in [4.69, 9.17) is 4.74 Å². The summed E-state index contributed by atoms with van der Waals surface area (Å²) in [6.07, 6.45) is 12.8. The van der Waals surface area contributed by atoms with Gasteiger partial charge < -0.3 is 4.74 Å². The fourth-order valence-electron chi connectivity index (χ4n) is 6.32. The molecule has 0 heterocycles. The van der Waals surface area contributed by atoms with E-state index in [1.807, 2.05) is 33.8 Å². The fraction of sp³-hybridized carbons (Fsp3) is 0.667. The number of carbonyl (C=O) groups is 3. The quantitative estimate of drug-likeness (QED) is 0.408. The lowest BCUT2D eigenvalue weighted by Gasteiger charge is -2.52. The minimum Gasteiger partial charge on any atom is -0.458 e. The van der Waals surface area contributed by atoms with Gasteiger partial charge >= 0.3 is 5.97 Å². The van der Waals surface area contributed by atoms with Crippen LogP contribution in [0.25, 0.3) is 0 Å². The predicted molar refractivity (Wildman–Crippen MR) is 124 cm³/mol. The molecular formula is C27H40O4. The molecule has 0 N–H and O–H groups in total. The Morgan fingerprint density at radius 1 is 1.10 bits per heavy atom. The highest BCUT2D eigenvalue weighted by molar-refractivity contribution is 6.01. The summed E-state index contributed by atoms with van der Waals surface area (Å²) in [6, 6.07) is 0. The Morgan fingerprint density at radius 3 is 2.42 bits per heavy atom. The highest BCUT2D eigenvalue weighted by Gasteiger charge is 2.56. The van der Waals surface area contributed by atoms with E-state index in [2.05, 4.69) is 26.0 Å². The molecule has 0 spiro atoms. The van der Waals surface area contributed by atoms with Crippen molar-refractivity contribution in [1.29, 1.82) is 0 Å². The van der Waals surface area contributed by atoms with Crippen molar-refractivity contribution in [2.75, 3.05) is 6.61 Å². The van der Waals surface area contributed by atoms with E-state index in [1.165, 1.54) is 18.1 Å². The maximum absolute atomic E-state index is 12.7. The Morgan fingerprint density at radius 2 is 1.77 bits per heavy atom. The average molecular weight is 429 g/mol. The zero-order chi connectivity index (χ0) is 23.4. The second kappa shape index (κ2) is 10.1. The van der Waals surface area contributed by atoms with Crippen molar-refractivity contribution in [3.05, 3.63) is 35.5 Å². The Kier molecular flexibility index (Phi) is 8.24. The van der Waals surface area contributed by atoms with Gasteiger partial charge in [-0.25, -0.2) is 0 Å². The van der Waals surface area contributed by atoms with Crippen molar-refractivity contribution < 1.29 is 19.1 Å². The molecule has 0 aliphatic heterocycles. The third-order valence-corrected chi connectivity index (χ3v) is 7.75. The number of carbonyl (C=O) groups excluding carboxylic acids is 3. The first-order chi connectivity index (χ1) is 14.8. The van der Waals surface area contributed by atoms with Crippen LogP contribution < -0.4 is 0 Å². The molecule has 0 aromatic rings. The van der Waals surface area contributed by atoms with Crippen LogP contribution in [-0.2, 0) is 19.1 Å². The van der Waals surface area contributed by atoms with E-state index in [0.717, 1.165) is 32.1 Å². The van der Waals surface area contributed by atoms with Crippen LogP contribution in [0.3, 0.4) is 0 Å². The van der Waals surface area contributed by atoms with Gasteiger partial charge in [-0.2, -0.15) is 0 Å². The molecule has 4 nitrogen and oxygen atoms in total. The largest absolute Gasteiger partial charge is 0.458 e. The molecule has 4 heteroatoms. The Hall–Kier alpha value is -1.97. The van der Waals surface area contributed by atoms with Crippen LogP contribution in [-0.4, -0.2) is 24.1 Å². The van der Waals surface area contributed by atoms with E-state index in [9.17, 15) is 14.4 Å². The van der Waals surface area contributed by atoms with E-state index in [1.54, 1.807) is 6.08 Å². The van der Waals surface area contributed by atoms with Gasteiger partial charge in [0.05, 0.1) is 0 Å². The second-order valence-electron chi connectivity index (χ2n) is 9.11. The van der Waals surface area contributed by atoms with Gasteiger partial charge in [0.25, 0.3) is 0 Å². The van der Waals surface area contributed by atoms with Gasteiger partial charge in [-0.15, -0.1) is 0 Å². The monoisotopic (exact) mass is 428 g/mol. The lowest BCUT2D eigenvalue weighted by molar-refractivity contribution is -0.148. The van der Waals surface area contributed by atoms with E-state index >= 15 is 0 Å². The van der Waals surface area contributed by atoms with Gasteiger partial charge in [-0.1, -0.05) is 57.9 Å². The molecule has 2 saturated carbocycles. The predicted octanol–water partition coefficient (Wildman–Crippen LogP) is 6.02. The molecule has 4 aliphatic carbocycles. The summed E-state index contributed by atoms with van der Waals surface area (Å²) in [5, 5.41) is 0. The molecule has 0 radical (unpaired) electrons. The molecule has 4 rings (SSSR count). The maximum atomic E-state index is 12.7. The van der Waals surface area contributed by atoms with Crippen LogP contribution >= 0.6 is 0 Å². The highest BCUT2D eigenvalue weighted by Crippen LogP contribution is 2.63. The van der Waals surface area contributed by atoms with Crippen molar-refractivity contribution in [2.24, 2.45) is 28.6 Å². The van der Waals surface area contributed by atoms with Crippen LogP contribution in [0.4, 0.5) is 0 Å². The topological polar surface area (TPSA) is 60.4 Å². The number of rotatable bonds is 3. The van der Waals surface area contributed by atoms with Gasteiger partial charge in [-0.05, 0) is 68.4 Å². The second-order valence-corrected chi connectivity index (χ2v) is 9.11. The third-order valence-electron chi connectivity index (χ3n) is 7.75. The zero-order valence-electron chi connectivity index (χ0n) is 20.4. The smallest absolute Gasteiger partial charge is 0.303 e. The molecule has 5 unspecified atom stereocenters. The molecule has 4 aliphatic rings. The molecule has 2 fully saturated rings. The molecule has 0 amide bonds. The average Bonchev–Trinajstić information content (AvgIpc) is 3.12. The number of fused-ring (bicyclic) bond motifs is 5. The van der Waals surface area contributed by atoms with Crippen LogP contribution in [0, 0.1) is 28.6 Å². The summed E-state index contributed by atoms with van der Waals surface area (Å²) in [4.78, 5) is 35.7. The molecule has 0 saturated heterocycles. The summed E-state index contributed by atoms with van der Waals surface area (Å²) in [6.45, 7) is 13.7. The molecule has 0 bridgehead atoms. The van der Waals surface area contributed by atoms with Gasteiger partial charge in [0.1, 0.15) is 6.61 Å². The Bertz CT molecular complexity index is 802. The van der Waals surface area contributed by atoms with Gasteiger partial charge in [0.2, 0.25) is 0 Å². The van der Waals surface area contributed by atoms with E-state index in [-0.39, 0.29) is 34.9 Å². The first-order valence-corrected chi connectivity index (χ1v) is 12.1. The summed E-state index contributed by atoms with van der Waals surface area (Å²) in [7, 11) is 0. The van der Waals surface area contributed by atoms with Crippen molar-refractivity contribution in [2.45, 2.75) is 80.6 Å². The SMILES string of the molecule is CC.CC.CC(=O)OCC(=O)C1CCC2C3CCC4=CC(=O)C=CC4(C)C3=CCC12C. The Balaban J connectivity index is 0.000000807. The first kappa shape index (κ1) is 25.3. The molecule has 5 atom stereocenters. The third kappa shape index (κ3) is 4.49. The minimum atomic E-state index is -0.396. The highest BCUT2D eigenvalue weighted by atomic mass is 16.5. The summed E-state index contributed by atoms with van der Waals surface area (Å²) < 4.78 is 4.99. The standard InChI is InChI=1S/C23H28O4.2C2H6/c1-14(24)27-13-21(26)20-7-6-18-17-5-4-15-12-16(25)8-10-22(15,2)19(17)9-11-23(18,20)3;2*1-2/h8-10,12,17-18,20H,4-7,11,13H2,1-3H3;2*1-2H3. The number of hydrogen-bond acceptors (Lipinski definition) is 4. The fourth-order valence-corrected chi connectivity index (χ4v) is 6.32. The molecule has 0 aromatic heterocycles. The van der Waals surface area contributed by atoms with E-state index < -0.39 is 5.97 Å². The lowest BCUT2D eigenvalue weighted by atomic mass is 9.52. The molecule has 0 aromatic carbocycles. The van der Waals surface area contributed by atoms with Crippen LogP contribution in [0.2, 0.25) is 0 Å². The van der Waals surface area contributed by atoms with Crippen molar-refractivity contribution in [1.82, 2.24) is 0 Å². The minimum absolute atomic E-state index is 0.0344. The Labute approximate surface area is 188 Å². The molecule has 31 heavy (non-hydrogen) atoms. The van der Waals surface area contributed by atoms with Crippen LogP contribution in [0.1, 0.15) is 80.6 Å². The van der Waals surface area contributed by atoms with Crippen molar-refractivity contribution in [3.8, 4) is 0 Å². The lowest BCUT2D eigenvalue weighted by Crippen LogP contribution is -2.45. The number of esters is 1. The van der Waals surface area contributed by atoms with Gasteiger partial charge in [-0.3, -0.25) is 14.4 Å². The van der Waals surface area contributed by atoms with Gasteiger partial charge in [0, 0.05) is 18.3 Å². The molecular weight excluding hydrogens is 388 g/mol. The van der Waals surface area contributed by atoms with Crippen LogP contribution in [0.15, 0.2) is 35.5 Å². The van der Waals surface area contributed by atoms with Crippen LogP contribution in [0.5, 0.6) is 0 Å². The molecule has 172 valence electrons. The van der Waals surface area contributed by atoms with Crippen molar-refractivity contribution >= 4 is 17.5 Å². The number of Topliss-reactive ketones (excluding diaryl/α,β-unsaturated/α-hetero) is 1.